The molecule has 0 aromatic heterocycles. The molecule has 112 valence electrons. The molecule has 1 aromatic rings. The molecule has 4 heteroatoms. The van der Waals surface area contributed by atoms with E-state index in [-0.39, 0.29) is 5.91 Å². The van der Waals surface area contributed by atoms with E-state index in [1.54, 1.807) is 25.3 Å². The number of amides is 1. The maximum Gasteiger partial charge on any atom is 0.224 e. The highest BCUT2D eigenvalue weighted by molar-refractivity contribution is 5.93. The van der Waals surface area contributed by atoms with Crippen molar-refractivity contribution in [3.63, 3.8) is 0 Å². The predicted octanol–water partition coefficient (Wildman–Crippen LogP) is 3.97. The van der Waals surface area contributed by atoms with Gasteiger partial charge < -0.3 is 15.8 Å². The second kappa shape index (κ2) is 9.23. The molecular formula is C16H26N2O2. The summed E-state index contributed by atoms with van der Waals surface area (Å²) in [7, 11) is 1.59. The van der Waals surface area contributed by atoms with Gasteiger partial charge in [0.15, 0.2) is 0 Å². The summed E-state index contributed by atoms with van der Waals surface area (Å²) in [5.41, 5.74) is 7.04. The highest BCUT2D eigenvalue weighted by Crippen LogP contribution is 2.24. The second-order valence-corrected chi connectivity index (χ2v) is 5.02. The number of nitrogens with one attached hydrogen (secondary N) is 1. The fourth-order valence-corrected chi connectivity index (χ4v) is 2.06. The lowest BCUT2D eigenvalue weighted by Crippen LogP contribution is -2.12. The van der Waals surface area contributed by atoms with E-state index in [2.05, 4.69) is 12.2 Å². The first-order chi connectivity index (χ1) is 9.67. The third-order valence-corrected chi connectivity index (χ3v) is 3.29. The summed E-state index contributed by atoms with van der Waals surface area (Å²) in [6.45, 7) is 2.20. The van der Waals surface area contributed by atoms with Crippen LogP contribution < -0.4 is 15.8 Å². The average molecular weight is 278 g/mol. The third-order valence-electron chi connectivity index (χ3n) is 3.29. The zero-order chi connectivity index (χ0) is 14.8. The topological polar surface area (TPSA) is 64.3 Å². The Morgan fingerprint density at radius 2 is 1.90 bits per heavy atom. The van der Waals surface area contributed by atoms with Gasteiger partial charge in [0.2, 0.25) is 5.91 Å². The van der Waals surface area contributed by atoms with Crippen molar-refractivity contribution in [2.24, 2.45) is 0 Å². The molecule has 1 aromatic carbocycles. The fraction of sp³-hybridized carbons (Fsp3) is 0.562. The Labute approximate surface area is 121 Å². The van der Waals surface area contributed by atoms with Crippen LogP contribution in [-0.2, 0) is 4.79 Å². The Morgan fingerprint density at radius 3 is 2.55 bits per heavy atom. The number of carbonyl (C=O) groups excluding carboxylic acids is 1. The number of anilines is 2. The minimum Gasteiger partial charge on any atom is -0.497 e. The molecule has 0 heterocycles. The van der Waals surface area contributed by atoms with Crippen molar-refractivity contribution in [1.29, 1.82) is 0 Å². The Balaban J connectivity index is 2.28. The number of nitrogen functional groups attached to an aromatic ring is 1. The maximum atomic E-state index is 11.8. The highest BCUT2D eigenvalue weighted by Gasteiger charge is 2.06. The number of rotatable bonds is 9. The number of carbonyl (C=O) groups is 1. The van der Waals surface area contributed by atoms with Crippen LogP contribution in [0.25, 0.3) is 0 Å². The quantitative estimate of drug-likeness (QED) is 0.530. The van der Waals surface area contributed by atoms with Gasteiger partial charge in [0.25, 0.3) is 0 Å². The van der Waals surface area contributed by atoms with E-state index < -0.39 is 0 Å². The van der Waals surface area contributed by atoms with E-state index in [0.29, 0.717) is 23.5 Å². The van der Waals surface area contributed by atoms with Crippen LogP contribution in [0.5, 0.6) is 5.75 Å². The van der Waals surface area contributed by atoms with Gasteiger partial charge in [0.05, 0.1) is 18.5 Å². The first kappa shape index (κ1) is 16.3. The standard InChI is InChI=1S/C16H26N2O2/c1-3-4-5-6-7-8-9-16(19)18-15-11-10-13(20-2)12-14(15)17/h10-12H,3-9,17H2,1-2H3,(H,18,19). The number of ether oxygens (including phenoxy) is 1. The van der Waals surface area contributed by atoms with Gasteiger partial charge in [-0.3, -0.25) is 4.79 Å². The smallest absolute Gasteiger partial charge is 0.224 e. The fourth-order valence-electron chi connectivity index (χ4n) is 2.06. The molecule has 1 rings (SSSR count). The molecule has 0 saturated heterocycles. The first-order valence-corrected chi connectivity index (χ1v) is 7.40. The summed E-state index contributed by atoms with van der Waals surface area (Å²) in [6, 6.07) is 5.27. The van der Waals surface area contributed by atoms with Gasteiger partial charge in [0, 0.05) is 12.5 Å². The van der Waals surface area contributed by atoms with Gasteiger partial charge in [-0.15, -0.1) is 0 Å². The highest BCUT2D eigenvalue weighted by atomic mass is 16.5. The molecule has 0 unspecified atom stereocenters. The molecule has 4 nitrogen and oxygen atoms in total. The van der Waals surface area contributed by atoms with Crippen molar-refractivity contribution < 1.29 is 9.53 Å². The molecule has 1 amide bonds. The van der Waals surface area contributed by atoms with E-state index in [0.717, 1.165) is 12.8 Å². The number of hydrogen-bond acceptors (Lipinski definition) is 3. The lowest BCUT2D eigenvalue weighted by molar-refractivity contribution is -0.116. The van der Waals surface area contributed by atoms with Crippen LogP contribution in [0.15, 0.2) is 18.2 Å². The lowest BCUT2D eigenvalue weighted by atomic mass is 10.1. The van der Waals surface area contributed by atoms with Gasteiger partial charge >= 0.3 is 0 Å². The summed E-state index contributed by atoms with van der Waals surface area (Å²) in [5.74, 6) is 0.716. The van der Waals surface area contributed by atoms with Gasteiger partial charge in [-0.05, 0) is 18.6 Å². The summed E-state index contributed by atoms with van der Waals surface area (Å²) in [6.07, 6.45) is 7.62. The lowest BCUT2D eigenvalue weighted by Gasteiger charge is -2.09. The minimum atomic E-state index is 0.0253. The first-order valence-electron chi connectivity index (χ1n) is 7.40. The Kier molecular flexibility index (Phi) is 7.55. The Hall–Kier alpha value is -1.71. The molecule has 0 aliphatic rings. The normalized spacial score (nSPS) is 10.3. The molecule has 3 N–H and O–H groups in total. The van der Waals surface area contributed by atoms with Gasteiger partial charge in [-0.2, -0.15) is 0 Å². The SMILES string of the molecule is CCCCCCCCC(=O)Nc1ccc(OC)cc1N. The van der Waals surface area contributed by atoms with E-state index in [9.17, 15) is 4.79 Å². The molecule has 0 radical (unpaired) electrons. The largest absolute Gasteiger partial charge is 0.497 e. The summed E-state index contributed by atoms with van der Waals surface area (Å²) in [5, 5.41) is 2.84. The van der Waals surface area contributed by atoms with Crippen LogP contribution in [0, 0.1) is 0 Å². The number of benzene rings is 1. The van der Waals surface area contributed by atoms with Crippen molar-refractivity contribution in [3.8, 4) is 5.75 Å². The van der Waals surface area contributed by atoms with Crippen molar-refractivity contribution in [2.75, 3.05) is 18.2 Å². The summed E-state index contributed by atoms with van der Waals surface area (Å²) >= 11 is 0. The van der Waals surface area contributed by atoms with Gasteiger partial charge in [-0.1, -0.05) is 39.0 Å². The molecule has 20 heavy (non-hydrogen) atoms. The number of methoxy groups -OCH3 is 1. The van der Waals surface area contributed by atoms with Crippen LogP contribution >= 0.6 is 0 Å². The average Bonchev–Trinajstić information content (AvgIpc) is 2.45. The number of hydrogen-bond donors (Lipinski definition) is 2. The Morgan fingerprint density at radius 1 is 1.20 bits per heavy atom. The third kappa shape index (κ3) is 5.95. The minimum absolute atomic E-state index is 0.0253. The van der Waals surface area contributed by atoms with E-state index in [1.165, 1.54) is 25.7 Å². The summed E-state index contributed by atoms with van der Waals surface area (Å²) in [4.78, 5) is 11.8. The molecule has 0 spiro atoms. The van der Waals surface area contributed by atoms with Crippen LogP contribution in [-0.4, -0.2) is 13.0 Å². The van der Waals surface area contributed by atoms with Crippen LogP contribution in [0.3, 0.4) is 0 Å². The summed E-state index contributed by atoms with van der Waals surface area (Å²) < 4.78 is 5.07. The van der Waals surface area contributed by atoms with Crippen molar-refractivity contribution in [3.05, 3.63) is 18.2 Å². The van der Waals surface area contributed by atoms with Crippen LogP contribution in [0.1, 0.15) is 51.9 Å². The molecule has 0 fully saturated rings. The molecule has 0 bridgehead atoms. The van der Waals surface area contributed by atoms with Crippen molar-refractivity contribution in [2.45, 2.75) is 51.9 Å². The molecular weight excluding hydrogens is 252 g/mol. The Bertz CT molecular complexity index is 419. The van der Waals surface area contributed by atoms with Crippen LogP contribution in [0.4, 0.5) is 11.4 Å². The number of nitrogens with two attached hydrogens (primary N) is 1. The monoisotopic (exact) mass is 278 g/mol. The van der Waals surface area contributed by atoms with E-state index >= 15 is 0 Å². The molecule has 0 aliphatic heterocycles. The van der Waals surface area contributed by atoms with Crippen LogP contribution in [0.2, 0.25) is 0 Å². The van der Waals surface area contributed by atoms with Gasteiger partial charge in [0.1, 0.15) is 5.75 Å². The van der Waals surface area contributed by atoms with E-state index in [4.69, 9.17) is 10.5 Å². The van der Waals surface area contributed by atoms with Crippen molar-refractivity contribution >= 4 is 17.3 Å². The molecule has 0 atom stereocenters. The molecule has 0 aliphatic carbocycles. The zero-order valence-electron chi connectivity index (χ0n) is 12.6. The predicted molar refractivity (Wildman–Crippen MR) is 84.0 cm³/mol. The second-order valence-electron chi connectivity index (χ2n) is 5.02. The maximum absolute atomic E-state index is 11.8. The van der Waals surface area contributed by atoms with Gasteiger partial charge in [-0.25, -0.2) is 0 Å². The molecule has 0 saturated carbocycles. The van der Waals surface area contributed by atoms with E-state index in [1.807, 2.05) is 0 Å². The zero-order valence-corrected chi connectivity index (χ0v) is 12.6. The van der Waals surface area contributed by atoms with Crippen molar-refractivity contribution in [1.82, 2.24) is 0 Å². The number of unbranched alkanes of at least 4 members (excludes halogenated alkanes) is 5.